The van der Waals surface area contributed by atoms with E-state index in [-0.39, 0.29) is 66.0 Å². The topological polar surface area (TPSA) is 56.7 Å². The van der Waals surface area contributed by atoms with Crippen LogP contribution in [0.4, 0.5) is 0 Å². The molecular formula is C39H14B10N4O. The minimum Gasteiger partial charge on any atom is -0.455 e. The molecule has 226 valence electrons. The lowest BCUT2D eigenvalue weighted by atomic mass is 9.59. The van der Waals surface area contributed by atoms with Crippen molar-refractivity contribution in [1.29, 1.82) is 0 Å². The average Bonchev–Trinajstić information content (AvgIpc) is 3.74. The molecule has 0 atom stereocenters. The van der Waals surface area contributed by atoms with Crippen LogP contribution in [0.1, 0.15) is 0 Å². The maximum atomic E-state index is 6.55. The van der Waals surface area contributed by atoms with Crippen LogP contribution in [0.3, 0.4) is 0 Å². The van der Waals surface area contributed by atoms with E-state index in [9.17, 15) is 0 Å². The Morgan fingerprint density at radius 1 is 0.426 bits per heavy atom. The van der Waals surface area contributed by atoms with Crippen LogP contribution < -0.4 is 54.6 Å². The number of hydrogen-bond acceptors (Lipinski definition) is 4. The van der Waals surface area contributed by atoms with Crippen molar-refractivity contribution in [3.8, 4) is 39.9 Å². The summed E-state index contributed by atoms with van der Waals surface area (Å²) in [6.45, 7) is 0. The van der Waals surface area contributed by atoms with Crippen molar-refractivity contribution in [2.45, 2.75) is 0 Å². The molecular weight excluding hydrogens is 649 g/mol. The lowest BCUT2D eigenvalue weighted by molar-refractivity contribution is 0.670. The van der Waals surface area contributed by atoms with Gasteiger partial charge in [-0.1, -0.05) is 82.5 Å². The molecule has 0 saturated carbocycles. The van der Waals surface area contributed by atoms with Crippen molar-refractivity contribution in [3.05, 3.63) is 84.9 Å². The molecule has 0 aliphatic heterocycles. The smallest absolute Gasteiger partial charge is 0.238 e. The molecule has 15 heteroatoms. The summed E-state index contributed by atoms with van der Waals surface area (Å²) in [6.07, 6.45) is 0. The normalized spacial score (nSPS) is 11.7. The summed E-state index contributed by atoms with van der Waals surface area (Å²) in [6, 6.07) is 27.3. The second-order valence-electron chi connectivity index (χ2n) is 13.0. The van der Waals surface area contributed by atoms with Gasteiger partial charge in [0.25, 0.3) is 0 Å². The molecule has 9 rings (SSSR count). The van der Waals surface area contributed by atoms with Gasteiger partial charge in [0.15, 0.2) is 11.6 Å². The Hall–Kier alpha value is -5.42. The summed E-state index contributed by atoms with van der Waals surface area (Å²) in [5.41, 5.74) is 5.87. The van der Waals surface area contributed by atoms with Gasteiger partial charge >= 0.3 is 0 Å². The number of fused-ring (bicyclic) bond motifs is 6. The van der Waals surface area contributed by atoms with E-state index in [0.29, 0.717) is 39.6 Å². The molecule has 0 saturated heterocycles. The Morgan fingerprint density at radius 3 is 1.52 bits per heavy atom. The van der Waals surface area contributed by atoms with Gasteiger partial charge in [0.1, 0.15) is 89.6 Å². The largest absolute Gasteiger partial charge is 0.455 e. The number of hydrogen-bond donors (Lipinski definition) is 0. The highest BCUT2D eigenvalue weighted by molar-refractivity contribution is 6.70. The highest BCUT2D eigenvalue weighted by atomic mass is 16.3. The summed E-state index contributed by atoms with van der Waals surface area (Å²) in [5.74, 6) is 0.734. The third-order valence-electron chi connectivity index (χ3n) is 10.1. The molecule has 0 unspecified atom stereocenters. The lowest BCUT2D eigenvalue weighted by Crippen LogP contribution is -2.55. The monoisotopic (exact) mass is 664 g/mol. The Bertz CT molecular complexity index is 2970. The molecule has 9 aromatic rings. The highest BCUT2D eigenvalue weighted by Gasteiger charge is 2.22. The van der Waals surface area contributed by atoms with Crippen LogP contribution in [0.25, 0.3) is 83.6 Å². The Morgan fingerprint density at radius 2 is 0.926 bits per heavy atom. The molecule has 20 radical (unpaired) electrons. The predicted octanol–water partition coefficient (Wildman–Crippen LogP) is -2.19. The van der Waals surface area contributed by atoms with Crippen LogP contribution in [0.2, 0.25) is 0 Å². The summed E-state index contributed by atoms with van der Waals surface area (Å²) >= 11 is 0. The van der Waals surface area contributed by atoms with Gasteiger partial charge in [-0.2, -0.15) is 9.97 Å². The summed E-state index contributed by atoms with van der Waals surface area (Å²) in [4.78, 5) is 14.9. The first-order chi connectivity index (χ1) is 26.0. The zero-order valence-corrected chi connectivity index (χ0v) is 28.6. The van der Waals surface area contributed by atoms with Crippen molar-refractivity contribution in [2.24, 2.45) is 0 Å². The maximum absolute atomic E-state index is 6.55. The highest BCUT2D eigenvalue weighted by Crippen LogP contribution is 2.37. The van der Waals surface area contributed by atoms with Crippen LogP contribution in [0.5, 0.6) is 0 Å². The second-order valence-corrected chi connectivity index (χ2v) is 13.0. The summed E-state index contributed by atoms with van der Waals surface area (Å²) < 4.78 is 8.51. The molecule has 0 bridgehead atoms. The molecule has 0 N–H and O–H groups in total. The number of nitrogens with zero attached hydrogens (tertiary/aromatic N) is 4. The molecule has 54 heavy (non-hydrogen) atoms. The first kappa shape index (κ1) is 34.4. The third-order valence-corrected chi connectivity index (χ3v) is 10.1. The van der Waals surface area contributed by atoms with Gasteiger partial charge in [0.05, 0.1) is 11.0 Å². The SMILES string of the molecule is [B]c1c([B])c([B])c(-c2nc(-c3ccc4c(c3)oc3c(-c5c([B])c([B])c([B])c([B])c5[B])cccc34)nc(-n3c4ccccc4c4ccccc43)n2)c([B])c1[B]. The van der Waals surface area contributed by atoms with E-state index in [4.69, 9.17) is 97.8 Å². The summed E-state index contributed by atoms with van der Waals surface area (Å²) in [7, 11) is 63.3. The molecule has 3 aromatic heterocycles. The predicted molar refractivity (Wildman–Crippen MR) is 232 cm³/mol. The standard InChI is InChI=1S/C39H14B10N4O/c40-26-24(27(41)31(45)34(48)30(26)44)20-9-5-8-19-18-13-12-15(14-23(18)54-36(19)20)37-50-38(25-28(42)32(46)35(49)33(47)29(25)43)52-39(51-37)53-21-10-3-1-6-16(21)17-7-2-4-11-22(17)53/h1-14H. The Balaban J connectivity index is 1.31. The number of aromatic nitrogens is 4. The minimum atomic E-state index is 0.0717. The zero-order chi connectivity index (χ0) is 37.7. The number of rotatable bonds is 4. The van der Waals surface area contributed by atoms with Crippen LogP contribution in [-0.2, 0) is 0 Å². The average molecular weight is 663 g/mol. The van der Waals surface area contributed by atoms with E-state index in [1.165, 1.54) is 0 Å². The Labute approximate surface area is 324 Å². The van der Waals surface area contributed by atoms with Gasteiger partial charge in [-0.15, -0.1) is 32.8 Å². The molecule has 0 fully saturated rings. The summed E-state index contributed by atoms with van der Waals surface area (Å²) in [5, 5.41) is 3.65. The molecule has 5 nitrogen and oxygen atoms in total. The molecule has 0 amide bonds. The van der Waals surface area contributed by atoms with E-state index in [1.807, 2.05) is 89.5 Å². The van der Waals surface area contributed by atoms with Gasteiger partial charge < -0.3 is 4.42 Å². The molecule has 0 spiro atoms. The fourth-order valence-electron chi connectivity index (χ4n) is 7.21. The van der Waals surface area contributed by atoms with E-state index in [1.54, 1.807) is 0 Å². The van der Waals surface area contributed by atoms with E-state index < -0.39 is 0 Å². The van der Waals surface area contributed by atoms with E-state index in [2.05, 4.69) is 0 Å². The van der Waals surface area contributed by atoms with Crippen LogP contribution in [0.15, 0.2) is 89.3 Å². The molecule has 0 aliphatic rings. The van der Waals surface area contributed by atoms with Gasteiger partial charge in [0.2, 0.25) is 5.95 Å². The number of para-hydroxylation sites is 3. The zero-order valence-electron chi connectivity index (χ0n) is 28.6. The van der Waals surface area contributed by atoms with Gasteiger partial charge in [0, 0.05) is 38.2 Å². The van der Waals surface area contributed by atoms with Crippen molar-refractivity contribution >= 4 is 177 Å². The number of benzene rings is 6. The molecule has 3 heterocycles. The fraction of sp³-hybridized carbons (Fsp3) is 0. The number of furan rings is 1. The van der Waals surface area contributed by atoms with Gasteiger partial charge in [-0.3, -0.25) is 4.57 Å². The quantitative estimate of drug-likeness (QED) is 0.201. The van der Waals surface area contributed by atoms with Crippen LogP contribution in [-0.4, -0.2) is 98.0 Å². The van der Waals surface area contributed by atoms with Crippen molar-refractivity contribution in [3.63, 3.8) is 0 Å². The van der Waals surface area contributed by atoms with E-state index >= 15 is 0 Å². The molecule has 6 aromatic carbocycles. The van der Waals surface area contributed by atoms with E-state index in [0.717, 1.165) is 32.6 Å². The minimum absolute atomic E-state index is 0.0717. The third kappa shape index (κ3) is 4.97. The van der Waals surface area contributed by atoms with Crippen molar-refractivity contribution in [1.82, 2.24) is 19.5 Å². The first-order valence-electron chi connectivity index (χ1n) is 16.7. The van der Waals surface area contributed by atoms with Crippen molar-refractivity contribution in [2.75, 3.05) is 0 Å². The van der Waals surface area contributed by atoms with Gasteiger partial charge in [-0.25, -0.2) is 4.98 Å². The second kappa shape index (κ2) is 12.6. The van der Waals surface area contributed by atoms with Crippen molar-refractivity contribution < 1.29 is 4.42 Å². The maximum Gasteiger partial charge on any atom is 0.238 e. The molecule has 0 aliphatic carbocycles. The lowest BCUT2D eigenvalue weighted by Gasteiger charge is -2.21. The van der Waals surface area contributed by atoms with Crippen LogP contribution in [0, 0.1) is 0 Å². The van der Waals surface area contributed by atoms with Gasteiger partial charge in [-0.05, 0) is 29.8 Å². The fourth-order valence-corrected chi connectivity index (χ4v) is 7.21. The Kier molecular flexibility index (Phi) is 8.00. The van der Waals surface area contributed by atoms with Crippen LogP contribution >= 0.6 is 0 Å². The first-order valence-corrected chi connectivity index (χ1v) is 16.7.